The fraction of sp³-hybridized carbons (Fsp3) is 0.600. The van der Waals surface area contributed by atoms with Crippen molar-refractivity contribution >= 4 is 15.9 Å². The fourth-order valence-corrected chi connectivity index (χ4v) is 2.94. The van der Waals surface area contributed by atoms with Crippen LogP contribution in [0.25, 0.3) is 0 Å². The van der Waals surface area contributed by atoms with Gasteiger partial charge in [-0.3, -0.25) is 0 Å². The van der Waals surface area contributed by atoms with Gasteiger partial charge in [0.1, 0.15) is 11.9 Å². The van der Waals surface area contributed by atoms with Gasteiger partial charge < -0.3 is 10.1 Å². The van der Waals surface area contributed by atoms with Crippen LogP contribution in [-0.2, 0) is 0 Å². The molecule has 0 spiro atoms. The van der Waals surface area contributed by atoms with Gasteiger partial charge in [0.05, 0.1) is 0 Å². The van der Waals surface area contributed by atoms with Gasteiger partial charge in [-0.05, 0) is 31.0 Å². The Kier molecular flexibility index (Phi) is 4.02. The van der Waals surface area contributed by atoms with E-state index in [1.807, 2.05) is 7.05 Å². The predicted molar refractivity (Wildman–Crippen MR) is 79.0 cm³/mol. The molecular weight excluding hydrogens is 290 g/mol. The lowest BCUT2D eigenvalue weighted by atomic mass is 9.85. The van der Waals surface area contributed by atoms with Gasteiger partial charge in [0.2, 0.25) is 0 Å². The van der Waals surface area contributed by atoms with Crippen LogP contribution < -0.4 is 10.1 Å². The number of nitrogens with one attached hydrogen (secondary N) is 1. The lowest BCUT2D eigenvalue weighted by Gasteiger charge is -2.35. The first kappa shape index (κ1) is 13.9. The van der Waals surface area contributed by atoms with Crippen molar-refractivity contribution < 1.29 is 4.74 Å². The minimum atomic E-state index is 0.296. The molecule has 0 aliphatic carbocycles. The van der Waals surface area contributed by atoms with E-state index in [2.05, 4.69) is 60.2 Å². The second kappa shape index (κ2) is 5.22. The van der Waals surface area contributed by atoms with Gasteiger partial charge in [-0.1, -0.05) is 42.8 Å². The van der Waals surface area contributed by atoms with Crippen molar-refractivity contribution in [2.75, 3.05) is 7.05 Å². The molecule has 1 aliphatic heterocycles. The highest BCUT2D eigenvalue weighted by Crippen LogP contribution is 2.39. The summed E-state index contributed by atoms with van der Waals surface area (Å²) < 4.78 is 7.23. The van der Waals surface area contributed by atoms with E-state index in [0.717, 1.165) is 23.1 Å². The van der Waals surface area contributed by atoms with E-state index < -0.39 is 0 Å². The zero-order valence-corrected chi connectivity index (χ0v) is 13.2. The standard InChI is InChI=1S/C15H22BrNO/c1-15(2,3)9-11-8-13(17-4)12-6-5-10(16)7-14(12)18-11/h5-7,11,13,17H,8-9H2,1-4H3. The fourth-order valence-electron chi connectivity index (χ4n) is 2.60. The van der Waals surface area contributed by atoms with Crippen LogP contribution in [0.15, 0.2) is 22.7 Å². The Morgan fingerprint density at radius 3 is 2.72 bits per heavy atom. The largest absolute Gasteiger partial charge is 0.490 e. The molecule has 0 saturated carbocycles. The van der Waals surface area contributed by atoms with Gasteiger partial charge >= 0.3 is 0 Å². The summed E-state index contributed by atoms with van der Waals surface area (Å²) in [5, 5.41) is 3.40. The SMILES string of the molecule is CNC1CC(CC(C)(C)C)Oc2cc(Br)ccc21. The Bertz CT molecular complexity index is 425. The van der Waals surface area contributed by atoms with Crippen molar-refractivity contribution in [3.05, 3.63) is 28.2 Å². The van der Waals surface area contributed by atoms with E-state index >= 15 is 0 Å². The van der Waals surface area contributed by atoms with E-state index in [1.165, 1.54) is 5.56 Å². The van der Waals surface area contributed by atoms with Gasteiger partial charge in [0.25, 0.3) is 0 Å². The van der Waals surface area contributed by atoms with E-state index in [4.69, 9.17) is 4.74 Å². The van der Waals surface area contributed by atoms with Crippen molar-refractivity contribution in [3.8, 4) is 5.75 Å². The Morgan fingerprint density at radius 2 is 2.11 bits per heavy atom. The van der Waals surface area contributed by atoms with Crippen LogP contribution in [0.1, 0.15) is 45.2 Å². The molecule has 2 rings (SSSR count). The second-order valence-corrected chi connectivity index (χ2v) is 7.18. The minimum Gasteiger partial charge on any atom is -0.490 e. The number of halogens is 1. The third-order valence-electron chi connectivity index (χ3n) is 3.33. The average molecular weight is 312 g/mol. The van der Waals surface area contributed by atoms with Crippen molar-refractivity contribution in [2.24, 2.45) is 5.41 Å². The number of fused-ring (bicyclic) bond motifs is 1. The van der Waals surface area contributed by atoms with Gasteiger partial charge in [-0.25, -0.2) is 0 Å². The van der Waals surface area contributed by atoms with Crippen LogP contribution in [0, 0.1) is 5.41 Å². The number of rotatable bonds is 2. The molecule has 100 valence electrons. The van der Waals surface area contributed by atoms with Gasteiger partial charge in [0.15, 0.2) is 0 Å². The molecule has 1 aromatic rings. The summed E-state index contributed by atoms with van der Waals surface area (Å²) in [4.78, 5) is 0. The predicted octanol–water partition coefficient (Wildman–Crippen LogP) is 4.30. The number of hydrogen-bond acceptors (Lipinski definition) is 2. The maximum absolute atomic E-state index is 6.15. The first-order valence-corrected chi connectivity index (χ1v) is 7.32. The molecular formula is C15H22BrNO. The zero-order valence-electron chi connectivity index (χ0n) is 11.6. The summed E-state index contributed by atoms with van der Waals surface area (Å²) in [5.41, 5.74) is 1.57. The minimum absolute atomic E-state index is 0.296. The lowest BCUT2D eigenvalue weighted by Crippen LogP contribution is -2.33. The molecule has 1 aliphatic rings. The Balaban J connectivity index is 2.23. The molecule has 2 unspecified atom stereocenters. The molecule has 0 amide bonds. The molecule has 2 nitrogen and oxygen atoms in total. The maximum atomic E-state index is 6.15. The van der Waals surface area contributed by atoms with Crippen molar-refractivity contribution in [1.82, 2.24) is 5.32 Å². The highest BCUT2D eigenvalue weighted by molar-refractivity contribution is 9.10. The summed E-state index contributed by atoms with van der Waals surface area (Å²) >= 11 is 3.51. The second-order valence-electron chi connectivity index (χ2n) is 6.26. The first-order chi connectivity index (χ1) is 8.39. The molecule has 1 aromatic carbocycles. The van der Waals surface area contributed by atoms with Crippen LogP contribution in [0.5, 0.6) is 5.75 Å². The normalized spacial score (nSPS) is 23.4. The summed E-state index contributed by atoms with van der Waals surface area (Å²) in [7, 11) is 2.02. The number of ether oxygens (including phenoxy) is 1. The van der Waals surface area contributed by atoms with Crippen molar-refractivity contribution in [1.29, 1.82) is 0 Å². The number of benzene rings is 1. The van der Waals surface area contributed by atoms with E-state index in [1.54, 1.807) is 0 Å². The molecule has 0 aromatic heterocycles. The summed E-state index contributed by atoms with van der Waals surface area (Å²) in [6.07, 6.45) is 2.42. The quantitative estimate of drug-likeness (QED) is 0.879. The Hall–Kier alpha value is -0.540. The van der Waals surface area contributed by atoms with Crippen LogP contribution in [-0.4, -0.2) is 13.2 Å². The van der Waals surface area contributed by atoms with E-state index in [9.17, 15) is 0 Å². The lowest BCUT2D eigenvalue weighted by molar-refractivity contribution is 0.107. The van der Waals surface area contributed by atoms with Gasteiger partial charge in [0, 0.05) is 22.5 Å². The van der Waals surface area contributed by atoms with Crippen LogP contribution >= 0.6 is 15.9 Å². The number of hydrogen-bond donors (Lipinski definition) is 1. The zero-order chi connectivity index (χ0) is 13.3. The monoisotopic (exact) mass is 311 g/mol. The van der Waals surface area contributed by atoms with Gasteiger partial charge in [-0.2, -0.15) is 0 Å². The highest BCUT2D eigenvalue weighted by Gasteiger charge is 2.30. The maximum Gasteiger partial charge on any atom is 0.125 e. The molecule has 3 heteroatoms. The highest BCUT2D eigenvalue weighted by atomic mass is 79.9. The average Bonchev–Trinajstić information content (AvgIpc) is 2.25. The molecule has 1 N–H and O–H groups in total. The molecule has 18 heavy (non-hydrogen) atoms. The van der Waals surface area contributed by atoms with Crippen molar-refractivity contribution in [2.45, 2.75) is 45.8 Å². The molecule has 0 bridgehead atoms. The molecule has 0 fully saturated rings. The molecule has 0 radical (unpaired) electrons. The molecule has 1 heterocycles. The third kappa shape index (κ3) is 3.27. The topological polar surface area (TPSA) is 21.3 Å². The summed E-state index contributed by atoms with van der Waals surface area (Å²) in [5.74, 6) is 1.02. The summed E-state index contributed by atoms with van der Waals surface area (Å²) in [6.45, 7) is 6.80. The smallest absolute Gasteiger partial charge is 0.125 e. The summed E-state index contributed by atoms with van der Waals surface area (Å²) in [6, 6.07) is 6.70. The van der Waals surface area contributed by atoms with Crippen molar-refractivity contribution in [3.63, 3.8) is 0 Å². The molecule has 2 atom stereocenters. The molecule has 0 saturated heterocycles. The van der Waals surface area contributed by atoms with Gasteiger partial charge in [-0.15, -0.1) is 0 Å². The van der Waals surface area contributed by atoms with E-state index in [-0.39, 0.29) is 0 Å². The third-order valence-corrected chi connectivity index (χ3v) is 3.83. The van der Waals surface area contributed by atoms with E-state index in [0.29, 0.717) is 17.6 Å². The first-order valence-electron chi connectivity index (χ1n) is 6.52. The Morgan fingerprint density at radius 1 is 1.39 bits per heavy atom. The van der Waals surface area contributed by atoms with Crippen LogP contribution in [0.2, 0.25) is 0 Å². The van der Waals surface area contributed by atoms with Crippen LogP contribution in [0.4, 0.5) is 0 Å². The Labute approximate surface area is 118 Å². The van der Waals surface area contributed by atoms with Crippen LogP contribution in [0.3, 0.4) is 0 Å².